The smallest absolute Gasteiger partial charge is 0.504 e. The quantitative estimate of drug-likeness (QED) is 0.0408. The van der Waals surface area contributed by atoms with Gasteiger partial charge in [-0.1, -0.05) is 24.3 Å². The Morgan fingerprint density at radius 1 is 0.642 bits per heavy atom. The van der Waals surface area contributed by atoms with E-state index in [4.69, 9.17) is 14.2 Å². The van der Waals surface area contributed by atoms with Crippen LogP contribution >= 0.6 is 0 Å². The summed E-state index contributed by atoms with van der Waals surface area (Å²) in [4.78, 5) is 50.9. The van der Waals surface area contributed by atoms with E-state index >= 15 is 0 Å². The summed E-state index contributed by atoms with van der Waals surface area (Å²) in [6.07, 6.45) is -3.85. The third-order valence-electron chi connectivity index (χ3n) is 8.04. The second-order valence-electron chi connectivity index (χ2n) is 11.6. The van der Waals surface area contributed by atoms with Gasteiger partial charge in [0.05, 0.1) is 0 Å². The summed E-state index contributed by atoms with van der Waals surface area (Å²) in [5.74, 6) is -10.8. The van der Waals surface area contributed by atoms with Crippen molar-refractivity contribution in [3.05, 3.63) is 101 Å². The molecule has 0 amide bonds. The molecule has 0 saturated heterocycles. The van der Waals surface area contributed by atoms with Crippen molar-refractivity contribution in [2.45, 2.75) is 37.1 Å². The third kappa shape index (κ3) is 9.32. The zero-order valence-electron chi connectivity index (χ0n) is 27.6. The summed E-state index contributed by atoms with van der Waals surface area (Å²) in [7, 11) is 0. The van der Waals surface area contributed by atoms with Crippen molar-refractivity contribution in [3.8, 4) is 46.0 Å². The molecule has 1 aliphatic heterocycles. The molecule has 4 aromatic carbocycles. The van der Waals surface area contributed by atoms with Gasteiger partial charge in [-0.2, -0.15) is 0 Å². The number of carboxylic acids is 2. The molecule has 5 rings (SSSR count). The summed E-state index contributed by atoms with van der Waals surface area (Å²) < 4.78 is 16.5. The SMILES string of the molecule is O=C(/C=C/c1ccc(O)c2c1[C@H](C(=O)O[C@H](Cc1ccc(O)c(O)c1)C(=O)O)[C@@H](c1ccc(O)c(O)c1)O2)O[C@H](Cc1ccc(O)c(O)c1)C(=O)O.[K+]. The van der Waals surface area contributed by atoms with E-state index in [1.54, 1.807) is 0 Å². The van der Waals surface area contributed by atoms with Gasteiger partial charge in [-0.25, -0.2) is 14.4 Å². The van der Waals surface area contributed by atoms with E-state index in [0.29, 0.717) is 0 Å². The molecule has 53 heavy (non-hydrogen) atoms. The standard InChI is InChI=1S/C36H30O16.K/c37-20-6-1-16(11-24(20)41)13-27(34(45)46)50-29(44)10-5-18-3-9-23(40)33-30(18)31(32(52-33)19-4-8-22(39)26(43)15-19)36(49)51-28(35(47)48)14-17-2-7-21(38)25(42)12-17;/h1-12,15,27-28,31-32,37-43H,13-14H2,(H,45,46)(H,47,48);/q;+1/b10-5+;/t27-,28-,31+,32-;/m1./s1. The molecule has 0 unspecified atom stereocenters. The number of hydrogen-bond acceptors (Lipinski definition) is 14. The van der Waals surface area contributed by atoms with Crippen LogP contribution in [-0.4, -0.2) is 82.0 Å². The van der Waals surface area contributed by atoms with Crippen LogP contribution in [0, 0.1) is 0 Å². The zero-order chi connectivity index (χ0) is 37.9. The maximum Gasteiger partial charge on any atom is 1.00 e. The average Bonchev–Trinajstić information content (AvgIpc) is 3.50. The minimum atomic E-state index is -1.84. The van der Waals surface area contributed by atoms with Crippen LogP contribution in [0.5, 0.6) is 46.0 Å². The summed E-state index contributed by atoms with van der Waals surface area (Å²) in [6, 6.07) is 13.0. The van der Waals surface area contributed by atoms with Crippen molar-refractivity contribution in [2.75, 3.05) is 0 Å². The van der Waals surface area contributed by atoms with Crippen LogP contribution in [0.25, 0.3) is 6.08 Å². The Kier molecular flexibility index (Phi) is 12.9. The molecule has 0 fully saturated rings. The van der Waals surface area contributed by atoms with Crippen molar-refractivity contribution in [1.29, 1.82) is 0 Å². The molecule has 1 aliphatic rings. The second kappa shape index (κ2) is 16.9. The number of hydrogen-bond donors (Lipinski definition) is 9. The molecule has 0 aliphatic carbocycles. The van der Waals surface area contributed by atoms with Gasteiger partial charge in [-0.3, -0.25) is 4.79 Å². The fraction of sp³-hybridized carbons (Fsp3) is 0.167. The van der Waals surface area contributed by atoms with Gasteiger partial charge in [0.1, 0.15) is 12.0 Å². The largest absolute Gasteiger partial charge is 1.00 e. The molecule has 0 spiro atoms. The number of phenolic OH excluding ortho intramolecular Hbond substituents is 7. The molecule has 0 saturated carbocycles. The molecular weight excluding hydrogens is 727 g/mol. The Morgan fingerprint density at radius 3 is 1.64 bits per heavy atom. The topological polar surface area (TPSA) is 278 Å². The van der Waals surface area contributed by atoms with E-state index in [1.165, 1.54) is 24.3 Å². The van der Waals surface area contributed by atoms with Crippen LogP contribution in [0.4, 0.5) is 0 Å². The van der Waals surface area contributed by atoms with E-state index in [-0.39, 0.29) is 91.4 Å². The number of rotatable bonds is 12. The Hall–Kier alpha value is -5.46. The molecule has 17 heteroatoms. The third-order valence-corrected chi connectivity index (χ3v) is 8.04. The minimum Gasteiger partial charge on any atom is -0.504 e. The first-order valence-corrected chi connectivity index (χ1v) is 15.2. The van der Waals surface area contributed by atoms with Crippen molar-refractivity contribution in [3.63, 3.8) is 0 Å². The maximum absolute atomic E-state index is 13.9. The van der Waals surface area contributed by atoms with E-state index < -0.39 is 94.8 Å². The number of esters is 2. The van der Waals surface area contributed by atoms with Gasteiger partial charge in [-0.15, -0.1) is 0 Å². The summed E-state index contributed by atoms with van der Waals surface area (Å²) >= 11 is 0. The Balaban J connectivity index is 0.00000627. The van der Waals surface area contributed by atoms with E-state index in [2.05, 4.69) is 0 Å². The number of ether oxygens (including phenoxy) is 3. The van der Waals surface area contributed by atoms with Crippen molar-refractivity contribution >= 4 is 30.0 Å². The Bertz CT molecular complexity index is 2090. The molecule has 1 heterocycles. The van der Waals surface area contributed by atoms with Crippen molar-refractivity contribution in [2.24, 2.45) is 0 Å². The maximum atomic E-state index is 13.9. The van der Waals surface area contributed by atoms with E-state index in [9.17, 15) is 65.1 Å². The predicted molar refractivity (Wildman–Crippen MR) is 175 cm³/mol. The first-order valence-electron chi connectivity index (χ1n) is 15.2. The van der Waals surface area contributed by atoms with Gasteiger partial charge in [0.25, 0.3) is 0 Å². The van der Waals surface area contributed by atoms with Gasteiger partial charge in [0.2, 0.25) is 12.2 Å². The minimum absolute atomic E-state index is 0. The number of carbonyl (C=O) groups excluding carboxylic acids is 2. The summed E-state index contributed by atoms with van der Waals surface area (Å²) in [6.45, 7) is 0. The van der Waals surface area contributed by atoms with E-state index in [1.807, 2.05) is 0 Å². The Morgan fingerprint density at radius 2 is 1.13 bits per heavy atom. The van der Waals surface area contributed by atoms with Crippen LogP contribution in [-0.2, 0) is 41.5 Å². The molecule has 9 N–H and O–H groups in total. The number of carboxylic acid groups (broad SMARTS) is 2. The summed E-state index contributed by atoms with van der Waals surface area (Å²) in [5.41, 5.74) is 0.445. The molecule has 0 aromatic heterocycles. The molecule has 0 radical (unpaired) electrons. The number of carbonyl (C=O) groups is 4. The van der Waals surface area contributed by atoms with Crippen LogP contribution in [0.3, 0.4) is 0 Å². The molecule has 270 valence electrons. The van der Waals surface area contributed by atoms with Crippen LogP contribution < -0.4 is 56.1 Å². The van der Waals surface area contributed by atoms with Gasteiger partial charge >= 0.3 is 75.3 Å². The fourth-order valence-electron chi connectivity index (χ4n) is 5.49. The second-order valence-corrected chi connectivity index (χ2v) is 11.6. The van der Waals surface area contributed by atoms with Gasteiger partial charge in [0.15, 0.2) is 46.0 Å². The van der Waals surface area contributed by atoms with Crippen LogP contribution in [0.1, 0.15) is 39.8 Å². The first kappa shape index (κ1) is 40.3. The normalized spacial score (nSPS) is 15.7. The predicted octanol–water partition coefficient (Wildman–Crippen LogP) is 0.338. The molecule has 0 bridgehead atoms. The molecular formula is C36H30KO16+. The monoisotopic (exact) mass is 757 g/mol. The fourth-order valence-corrected chi connectivity index (χ4v) is 5.49. The Labute approximate surface area is 341 Å². The van der Waals surface area contributed by atoms with Crippen LogP contribution in [0.2, 0.25) is 0 Å². The molecule has 4 atom stereocenters. The van der Waals surface area contributed by atoms with Crippen molar-refractivity contribution in [1.82, 2.24) is 0 Å². The zero-order valence-corrected chi connectivity index (χ0v) is 30.7. The first-order chi connectivity index (χ1) is 24.6. The number of fused-ring (bicyclic) bond motifs is 1. The average molecular weight is 758 g/mol. The number of benzene rings is 4. The van der Waals surface area contributed by atoms with Gasteiger partial charge in [0, 0.05) is 24.5 Å². The van der Waals surface area contributed by atoms with E-state index in [0.717, 1.165) is 54.6 Å². The molecule has 4 aromatic rings. The number of aliphatic carboxylic acids is 2. The van der Waals surface area contributed by atoms with Gasteiger partial charge < -0.3 is 60.2 Å². The van der Waals surface area contributed by atoms with Crippen LogP contribution in [0.15, 0.2) is 72.8 Å². The number of phenols is 7. The number of aromatic hydroxyl groups is 7. The van der Waals surface area contributed by atoms with Crippen molar-refractivity contribution < 1.29 is 131 Å². The summed E-state index contributed by atoms with van der Waals surface area (Å²) in [5, 5.41) is 89.1. The molecule has 16 nitrogen and oxygen atoms in total. The van der Waals surface area contributed by atoms with Gasteiger partial charge in [-0.05, 0) is 70.8 Å².